The molecule has 1 unspecified atom stereocenters. The molecule has 0 spiro atoms. The summed E-state index contributed by atoms with van der Waals surface area (Å²) < 4.78 is 19.2. The molecule has 0 saturated carbocycles. The van der Waals surface area contributed by atoms with E-state index in [4.69, 9.17) is 10.00 Å². The number of halogens is 1. The standard InChI is InChI=1S/C13H15FN2O/c14-13-11(6-15)2-1-3-12(13)9-17-8-10-4-5-16-7-10/h1-3,10,16H,4-5,7-9H2. The SMILES string of the molecule is N#Cc1cccc(COCC2CCNC2)c1F. The lowest BCUT2D eigenvalue weighted by molar-refractivity contribution is 0.0905. The fourth-order valence-electron chi connectivity index (χ4n) is 1.97. The third-order valence-electron chi connectivity index (χ3n) is 2.97. The smallest absolute Gasteiger partial charge is 0.146 e. The van der Waals surface area contributed by atoms with Crippen LogP contribution in [0.25, 0.3) is 0 Å². The van der Waals surface area contributed by atoms with Gasteiger partial charge in [-0.1, -0.05) is 12.1 Å². The molecule has 1 atom stereocenters. The van der Waals surface area contributed by atoms with Crippen molar-refractivity contribution in [2.75, 3.05) is 19.7 Å². The lowest BCUT2D eigenvalue weighted by Crippen LogP contribution is -2.14. The molecule has 1 aromatic carbocycles. The summed E-state index contributed by atoms with van der Waals surface area (Å²) in [4.78, 5) is 0. The van der Waals surface area contributed by atoms with Crippen molar-refractivity contribution in [2.24, 2.45) is 5.92 Å². The van der Waals surface area contributed by atoms with Crippen LogP contribution in [0.2, 0.25) is 0 Å². The Hall–Kier alpha value is -1.44. The Bertz CT molecular complexity index is 422. The van der Waals surface area contributed by atoms with Crippen molar-refractivity contribution in [2.45, 2.75) is 13.0 Å². The Morgan fingerprint density at radius 2 is 2.41 bits per heavy atom. The Kier molecular flexibility index (Phi) is 4.08. The van der Waals surface area contributed by atoms with Crippen molar-refractivity contribution in [3.8, 4) is 6.07 Å². The zero-order chi connectivity index (χ0) is 12.1. The number of benzene rings is 1. The van der Waals surface area contributed by atoms with Crippen molar-refractivity contribution >= 4 is 0 Å². The third kappa shape index (κ3) is 3.02. The quantitative estimate of drug-likeness (QED) is 0.864. The van der Waals surface area contributed by atoms with Crippen LogP contribution < -0.4 is 5.32 Å². The van der Waals surface area contributed by atoms with Crippen LogP contribution in [0.3, 0.4) is 0 Å². The Labute approximate surface area is 100 Å². The van der Waals surface area contributed by atoms with E-state index in [2.05, 4.69) is 5.32 Å². The summed E-state index contributed by atoms with van der Waals surface area (Å²) in [6.07, 6.45) is 1.11. The van der Waals surface area contributed by atoms with Crippen LogP contribution in [0.1, 0.15) is 17.5 Å². The monoisotopic (exact) mass is 234 g/mol. The largest absolute Gasteiger partial charge is 0.376 e. The minimum Gasteiger partial charge on any atom is -0.376 e. The maximum atomic E-state index is 13.7. The van der Waals surface area contributed by atoms with Gasteiger partial charge in [0.05, 0.1) is 18.8 Å². The van der Waals surface area contributed by atoms with E-state index in [0.29, 0.717) is 18.1 Å². The van der Waals surface area contributed by atoms with Crippen LogP contribution in [0, 0.1) is 23.1 Å². The summed E-state index contributed by atoms with van der Waals surface area (Å²) in [7, 11) is 0. The van der Waals surface area contributed by atoms with Crippen LogP contribution in [-0.4, -0.2) is 19.7 Å². The van der Waals surface area contributed by atoms with E-state index < -0.39 is 5.82 Å². The van der Waals surface area contributed by atoms with E-state index in [1.54, 1.807) is 12.1 Å². The molecule has 4 heteroatoms. The molecule has 0 radical (unpaired) electrons. The minimum absolute atomic E-state index is 0.0774. The zero-order valence-electron chi connectivity index (χ0n) is 9.58. The summed E-state index contributed by atoms with van der Waals surface area (Å²) in [6, 6.07) is 6.63. The maximum Gasteiger partial charge on any atom is 0.146 e. The van der Waals surface area contributed by atoms with E-state index in [-0.39, 0.29) is 12.2 Å². The number of nitriles is 1. The van der Waals surface area contributed by atoms with Gasteiger partial charge in [0, 0.05) is 12.1 Å². The highest BCUT2D eigenvalue weighted by atomic mass is 19.1. The molecule has 0 aliphatic carbocycles. The molecular formula is C13H15FN2O. The third-order valence-corrected chi connectivity index (χ3v) is 2.97. The van der Waals surface area contributed by atoms with Crippen molar-refractivity contribution in [3.05, 3.63) is 35.1 Å². The highest BCUT2D eigenvalue weighted by Gasteiger charge is 2.15. The van der Waals surface area contributed by atoms with Crippen LogP contribution in [0.4, 0.5) is 4.39 Å². The molecule has 90 valence electrons. The molecular weight excluding hydrogens is 219 g/mol. The van der Waals surface area contributed by atoms with E-state index in [1.807, 2.05) is 6.07 Å². The molecule has 1 fully saturated rings. The highest BCUT2D eigenvalue weighted by molar-refractivity contribution is 5.34. The van der Waals surface area contributed by atoms with Crippen LogP contribution in [-0.2, 0) is 11.3 Å². The van der Waals surface area contributed by atoms with Crippen LogP contribution in [0.15, 0.2) is 18.2 Å². The van der Waals surface area contributed by atoms with Gasteiger partial charge < -0.3 is 10.1 Å². The number of nitrogens with one attached hydrogen (secondary N) is 1. The van der Waals surface area contributed by atoms with Gasteiger partial charge in [0.1, 0.15) is 11.9 Å². The molecule has 1 heterocycles. The molecule has 2 rings (SSSR count). The molecule has 0 amide bonds. The molecule has 1 saturated heterocycles. The first-order chi connectivity index (χ1) is 8.31. The van der Waals surface area contributed by atoms with Gasteiger partial charge in [-0.2, -0.15) is 5.26 Å². The predicted octanol–water partition coefficient (Wildman–Crippen LogP) is 1.82. The van der Waals surface area contributed by atoms with Gasteiger partial charge in [0.15, 0.2) is 0 Å². The number of nitrogens with zero attached hydrogens (tertiary/aromatic N) is 1. The molecule has 1 aromatic rings. The van der Waals surface area contributed by atoms with Crippen molar-refractivity contribution in [1.29, 1.82) is 5.26 Å². The molecule has 0 bridgehead atoms. The predicted molar refractivity (Wildman–Crippen MR) is 61.7 cm³/mol. The second-order valence-electron chi connectivity index (χ2n) is 4.26. The minimum atomic E-state index is -0.459. The Balaban J connectivity index is 1.88. The first-order valence-corrected chi connectivity index (χ1v) is 5.77. The topological polar surface area (TPSA) is 45.0 Å². The van der Waals surface area contributed by atoms with Gasteiger partial charge >= 0.3 is 0 Å². The molecule has 17 heavy (non-hydrogen) atoms. The van der Waals surface area contributed by atoms with Gasteiger partial charge in [-0.25, -0.2) is 4.39 Å². The molecule has 0 aromatic heterocycles. The van der Waals surface area contributed by atoms with Crippen LogP contribution >= 0.6 is 0 Å². The van der Waals surface area contributed by atoms with Gasteiger partial charge in [0.2, 0.25) is 0 Å². The average molecular weight is 234 g/mol. The van der Waals surface area contributed by atoms with E-state index >= 15 is 0 Å². The second-order valence-corrected chi connectivity index (χ2v) is 4.26. The molecule has 1 aliphatic heterocycles. The number of ether oxygens (including phenoxy) is 1. The number of hydrogen-bond donors (Lipinski definition) is 1. The van der Waals surface area contributed by atoms with E-state index in [9.17, 15) is 4.39 Å². The first kappa shape index (κ1) is 12.0. The lowest BCUT2D eigenvalue weighted by Gasteiger charge is -2.10. The normalized spacial score (nSPS) is 19.2. The number of hydrogen-bond acceptors (Lipinski definition) is 3. The molecule has 1 aliphatic rings. The van der Waals surface area contributed by atoms with Gasteiger partial charge in [-0.15, -0.1) is 0 Å². The van der Waals surface area contributed by atoms with Crippen molar-refractivity contribution in [3.63, 3.8) is 0 Å². The van der Waals surface area contributed by atoms with E-state index in [1.165, 1.54) is 6.07 Å². The first-order valence-electron chi connectivity index (χ1n) is 5.77. The van der Waals surface area contributed by atoms with Gasteiger partial charge in [0.25, 0.3) is 0 Å². The van der Waals surface area contributed by atoms with Crippen molar-refractivity contribution in [1.82, 2.24) is 5.32 Å². The van der Waals surface area contributed by atoms with E-state index in [0.717, 1.165) is 19.5 Å². The highest BCUT2D eigenvalue weighted by Crippen LogP contribution is 2.14. The van der Waals surface area contributed by atoms with Gasteiger partial charge in [-0.3, -0.25) is 0 Å². The van der Waals surface area contributed by atoms with Crippen LogP contribution in [0.5, 0.6) is 0 Å². The van der Waals surface area contributed by atoms with Crippen molar-refractivity contribution < 1.29 is 9.13 Å². The maximum absolute atomic E-state index is 13.7. The second kappa shape index (κ2) is 5.76. The number of rotatable bonds is 4. The summed E-state index contributed by atoms with van der Waals surface area (Å²) in [5.74, 6) is 0.0664. The Morgan fingerprint density at radius 1 is 1.53 bits per heavy atom. The van der Waals surface area contributed by atoms with Gasteiger partial charge in [-0.05, 0) is 24.9 Å². The Morgan fingerprint density at radius 3 is 3.12 bits per heavy atom. The average Bonchev–Trinajstić information content (AvgIpc) is 2.84. The zero-order valence-corrected chi connectivity index (χ0v) is 9.58. The summed E-state index contributed by atoms with van der Waals surface area (Å²) in [6.45, 7) is 2.88. The fourth-order valence-corrected chi connectivity index (χ4v) is 1.97. The summed E-state index contributed by atoms with van der Waals surface area (Å²) in [5, 5.41) is 12.0. The molecule has 1 N–H and O–H groups in total. The summed E-state index contributed by atoms with van der Waals surface area (Å²) >= 11 is 0. The fraction of sp³-hybridized carbons (Fsp3) is 0.462. The lowest BCUT2D eigenvalue weighted by atomic mass is 10.1. The molecule has 3 nitrogen and oxygen atoms in total. The summed E-state index contributed by atoms with van der Waals surface area (Å²) in [5.41, 5.74) is 0.531.